The van der Waals surface area contributed by atoms with Gasteiger partial charge in [-0.1, -0.05) is 57.9 Å². The van der Waals surface area contributed by atoms with Gasteiger partial charge in [0.15, 0.2) is 0 Å². The Labute approximate surface area is 107 Å². The monoisotopic (exact) mass is 233 g/mol. The second-order valence-corrected chi connectivity index (χ2v) is 5.33. The second-order valence-electron chi connectivity index (χ2n) is 5.33. The number of benzene rings is 1. The maximum Gasteiger partial charge on any atom is 0.0317 e. The van der Waals surface area contributed by atoms with Crippen LogP contribution in [0, 0.1) is 5.92 Å². The van der Waals surface area contributed by atoms with Gasteiger partial charge >= 0.3 is 0 Å². The zero-order valence-corrected chi connectivity index (χ0v) is 11.8. The molecular weight excluding hydrogens is 206 g/mol. The zero-order chi connectivity index (χ0) is 12.7. The van der Waals surface area contributed by atoms with Crippen LogP contribution in [0.4, 0.5) is 0 Å². The minimum Gasteiger partial charge on any atom is -0.313 e. The molecule has 0 aromatic heterocycles. The fraction of sp³-hybridized carbons (Fsp3) is 0.625. The van der Waals surface area contributed by atoms with Gasteiger partial charge in [0.05, 0.1) is 0 Å². The van der Waals surface area contributed by atoms with E-state index in [1.54, 1.807) is 0 Å². The van der Waals surface area contributed by atoms with Crippen LogP contribution in [0.1, 0.15) is 57.2 Å². The molecule has 1 rings (SSSR count). The lowest BCUT2D eigenvalue weighted by molar-refractivity contribution is 0.522. The van der Waals surface area contributed by atoms with Gasteiger partial charge in [0, 0.05) is 6.04 Å². The highest BCUT2D eigenvalue weighted by Gasteiger charge is 2.09. The number of rotatable bonds is 7. The van der Waals surface area contributed by atoms with Crippen molar-refractivity contribution in [3.63, 3.8) is 0 Å². The van der Waals surface area contributed by atoms with Crippen LogP contribution in [0.15, 0.2) is 24.3 Å². The van der Waals surface area contributed by atoms with E-state index in [2.05, 4.69) is 57.4 Å². The summed E-state index contributed by atoms with van der Waals surface area (Å²) in [6.45, 7) is 6.81. The Bertz CT molecular complexity index is 317. The molecule has 96 valence electrons. The number of unbranched alkanes of at least 4 members (excludes halogenated alkanes) is 1. The first kappa shape index (κ1) is 14.2. The van der Waals surface area contributed by atoms with Crippen LogP contribution in [0.25, 0.3) is 0 Å². The highest BCUT2D eigenvalue weighted by Crippen LogP contribution is 2.21. The molecule has 0 saturated carbocycles. The standard InChI is InChI=1S/C16H27N/c1-5-6-10-16(17-4)15-9-7-8-14(12-15)11-13(2)3/h7-9,12-13,16-17H,5-6,10-11H2,1-4H3. The molecule has 1 aromatic carbocycles. The molecular formula is C16H27N. The number of hydrogen-bond acceptors (Lipinski definition) is 1. The van der Waals surface area contributed by atoms with E-state index in [4.69, 9.17) is 0 Å². The summed E-state index contributed by atoms with van der Waals surface area (Å²) in [4.78, 5) is 0. The van der Waals surface area contributed by atoms with Gasteiger partial charge in [0.25, 0.3) is 0 Å². The topological polar surface area (TPSA) is 12.0 Å². The van der Waals surface area contributed by atoms with Gasteiger partial charge in [-0.25, -0.2) is 0 Å². The van der Waals surface area contributed by atoms with E-state index in [1.165, 1.54) is 36.8 Å². The third-order valence-corrected chi connectivity index (χ3v) is 3.19. The summed E-state index contributed by atoms with van der Waals surface area (Å²) in [6, 6.07) is 9.58. The van der Waals surface area contributed by atoms with Crippen molar-refractivity contribution in [1.82, 2.24) is 5.32 Å². The van der Waals surface area contributed by atoms with E-state index >= 15 is 0 Å². The number of nitrogens with one attached hydrogen (secondary N) is 1. The first-order chi connectivity index (χ1) is 8.17. The summed E-state index contributed by atoms with van der Waals surface area (Å²) in [5, 5.41) is 3.43. The van der Waals surface area contributed by atoms with Crippen LogP contribution < -0.4 is 5.32 Å². The Balaban J connectivity index is 2.73. The summed E-state index contributed by atoms with van der Waals surface area (Å²) >= 11 is 0. The highest BCUT2D eigenvalue weighted by molar-refractivity contribution is 5.26. The molecule has 1 atom stereocenters. The largest absolute Gasteiger partial charge is 0.313 e. The van der Waals surface area contributed by atoms with Gasteiger partial charge in [-0.15, -0.1) is 0 Å². The van der Waals surface area contributed by atoms with Crippen LogP contribution in [-0.2, 0) is 6.42 Å². The molecule has 0 aliphatic rings. The fourth-order valence-corrected chi connectivity index (χ4v) is 2.29. The van der Waals surface area contributed by atoms with Crippen molar-refractivity contribution in [1.29, 1.82) is 0 Å². The van der Waals surface area contributed by atoms with E-state index in [-0.39, 0.29) is 0 Å². The summed E-state index contributed by atoms with van der Waals surface area (Å²) < 4.78 is 0. The maximum atomic E-state index is 3.43. The summed E-state index contributed by atoms with van der Waals surface area (Å²) in [5.74, 6) is 0.730. The molecule has 1 aromatic rings. The minimum absolute atomic E-state index is 0.516. The Morgan fingerprint density at radius 2 is 2.00 bits per heavy atom. The quantitative estimate of drug-likeness (QED) is 0.739. The normalized spacial score (nSPS) is 13.0. The molecule has 0 saturated heterocycles. The van der Waals surface area contributed by atoms with Crippen molar-refractivity contribution in [3.8, 4) is 0 Å². The van der Waals surface area contributed by atoms with Crippen LogP contribution in [0.3, 0.4) is 0 Å². The molecule has 17 heavy (non-hydrogen) atoms. The van der Waals surface area contributed by atoms with Gasteiger partial charge in [-0.3, -0.25) is 0 Å². The Morgan fingerprint density at radius 3 is 2.59 bits per heavy atom. The molecule has 0 aliphatic carbocycles. The summed E-state index contributed by atoms with van der Waals surface area (Å²) in [5.41, 5.74) is 2.91. The molecule has 1 heteroatoms. The van der Waals surface area contributed by atoms with Crippen LogP contribution in [-0.4, -0.2) is 7.05 Å². The molecule has 0 bridgehead atoms. The van der Waals surface area contributed by atoms with Crippen molar-refractivity contribution in [3.05, 3.63) is 35.4 Å². The molecule has 1 unspecified atom stereocenters. The van der Waals surface area contributed by atoms with Gasteiger partial charge in [0.1, 0.15) is 0 Å². The first-order valence-electron chi connectivity index (χ1n) is 6.93. The predicted molar refractivity (Wildman–Crippen MR) is 76.3 cm³/mol. The van der Waals surface area contributed by atoms with E-state index in [9.17, 15) is 0 Å². The van der Waals surface area contributed by atoms with Crippen LogP contribution >= 0.6 is 0 Å². The molecule has 0 aliphatic heterocycles. The average molecular weight is 233 g/mol. The Morgan fingerprint density at radius 1 is 1.24 bits per heavy atom. The van der Waals surface area contributed by atoms with Gasteiger partial charge < -0.3 is 5.32 Å². The van der Waals surface area contributed by atoms with Gasteiger partial charge in [0.2, 0.25) is 0 Å². The molecule has 0 spiro atoms. The van der Waals surface area contributed by atoms with E-state index in [1.807, 2.05) is 0 Å². The fourth-order valence-electron chi connectivity index (χ4n) is 2.29. The third-order valence-electron chi connectivity index (χ3n) is 3.19. The molecule has 0 radical (unpaired) electrons. The van der Waals surface area contributed by atoms with Crippen LogP contribution in [0.2, 0.25) is 0 Å². The van der Waals surface area contributed by atoms with E-state index in [0.29, 0.717) is 6.04 Å². The number of hydrogen-bond donors (Lipinski definition) is 1. The molecule has 0 heterocycles. The predicted octanol–water partition coefficient (Wildman–Crippen LogP) is 4.34. The summed E-state index contributed by atoms with van der Waals surface area (Å²) in [7, 11) is 2.06. The van der Waals surface area contributed by atoms with Crippen LogP contribution in [0.5, 0.6) is 0 Å². The Hall–Kier alpha value is -0.820. The van der Waals surface area contributed by atoms with E-state index in [0.717, 1.165) is 5.92 Å². The zero-order valence-electron chi connectivity index (χ0n) is 11.8. The van der Waals surface area contributed by atoms with Crippen molar-refractivity contribution < 1.29 is 0 Å². The van der Waals surface area contributed by atoms with Gasteiger partial charge in [-0.2, -0.15) is 0 Å². The minimum atomic E-state index is 0.516. The lowest BCUT2D eigenvalue weighted by Crippen LogP contribution is -2.16. The molecule has 1 N–H and O–H groups in total. The van der Waals surface area contributed by atoms with Crippen molar-refractivity contribution in [2.24, 2.45) is 5.92 Å². The lowest BCUT2D eigenvalue weighted by Gasteiger charge is -2.17. The van der Waals surface area contributed by atoms with E-state index < -0.39 is 0 Å². The van der Waals surface area contributed by atoms with Crippen molar-refractivity contribution in [2.75, 3.05) is 7.05 Å². The summed E-state index contributed by atoms with van der Waals surface area (Å²) in [6.07, 6.45) is 4.97. The smallest absolute Gasteiger partial charge is 0.0317 e. The molecule has 1 nitrogen and oxygen atoms in total. The Kier molecular flexibility index (Phi) is 6.28. The highest BCUT2D eigenvalue weighted by atomic mass is 14.9. The third kappa shape index (κ3) is 4.91. The van der Waals surface area contributed by atoms with Crippen molar-refractivity contribution in [2.45, 2.75) is 52.5 Å². The molecule has 0 fully saturated rings. The first-order valence-corrected chi connectivity index (χ1v) is 6.93. The average Bonchev–Trinajstić information content (AvgIpc) is 2.30. The second kappa shape index (κ2) is 7.50. The SMILES string of the molecule is CCCCC(NC)c1cccc(CC(C)C)c1. The van der Waals surface area contributed by atoms with Gasteiger partial charge in [-0.05, 0) is 36.9 Å². The maximum absolute atomic E-state index is 3.43. The van der Waals surface area contributed by atoms with Crippen molar-refractivity contribution >= 4 is 0 Å². The molecule has 0 amide bonds. The lowest BCUT2D eigenvalue weighted by atomic mass is 9.96.